The average Bonchev–Trinajstić information content (AvgIpc) is 2.85. The second-order valence-electron chi connectivity index (χ2n) is 3.56. The summed E-state index contributed by atoms with van der Waals surface area (Å²) in [6.45, 7) is 2.67. The molecule has 5 heteroatoms. The van der Waals surface area contributed by atoms with E-state index < -0.39 is 0 Å². The minimum Gasteiger partial charge on any atom is -0.311 e. The van der Waals surface area contributed by atoms with Crippen LogP contribution in [0.15, 0.2) is 24.5 Å². The average molecular weight is 237 g/mol. The van der Waals surface area contributed by atoms with Crippen LogP contribution in [0.2, 0.25) is 0 Å². The van der Waals surface area contributed by atoms with E-state index in [2.05, 4.69) is 10.3 Å². The maximum Gasteiger partial charge on any atom is 0.244 e. The third kappa shape index (κ3) is 2.36. The highest BCUT2D eigenvalue weighted by Crippen LogP contribution is 2.17. The molecule has 1 fully saturated rings. The molecule has 1 saturated heterocycles. The molecule has 1 atom stereocenters. The fourth-order valence-corrected chi connectivity index (χ4v) is 2.66. The van der Waals surface area contributed by atoms with Crippen molar-refractivity contribution >= 4 is 23.4 Å². The maximum absolute atomic E-state index is 12.2. The molecular formula is C11H15N3OS. The second kappa shape index (κ2) is 5.32. The van der Waals surface area contributed by atoms with Gasteiger partial charge in [0.15, 0.2) is 0 Å². The van der Waals surface area contributed by atoms with E-state index in [9.17, 15) is 4.79 Å². The summed E-state index contributed by atoms with van der Waals surface area (Å²) in [6, 6.07) is 3.69. The van der Waals surface area contributed by atoms with Gasteiger partial charge in [-0.3, -0.25) is 15.1 Å². The van der Waals surface area contributed by atoms with Crippen molar-refractivity contribution in [3.63, 3.8) is 0 Å². The van der Waals surface area contributed by atoms with Gasteiger partial charge in [0.2, 0.25) is 5.91 Å². The molecule has 1 aliphatic rings. The number of rotatable bonds is 3. The van der Waals surface area contributed by atoms with Gasteiger partial charge in [-0.05, 0) is 19.1 Å². The SMILES string of the molecule is CCN(C(=O)C1CSCN1)c1ccncc1. The lowest BCUT2D eigenvalue weighted by atomic mass is 10.2. The molecule has 1 amide bonds. The molecule has 0 aromatic carbocycles. The first kappa shape index (κ1) is 11.4. The number of amides is 1. The van der Waals surface area contributed by atoms with E-state index >= 15 is 0 Å². The number of carbonyl (C=O) groups excluding carboxylic acids is 1. The zero-order valence-electron chi connectivity index (χ0n) is 9.22. The highest BCUT2D eigenvalue weighted by atomic mass is 32.2. The van der Waals surface area contributed by atoms with Crippen LogP contribution in [0.4, 0.5) is 5.69 Å². The van der Waals surface area contributed by atoms with Crippen molar-refractivity contribution in [3.05, 3.63) is 24.5 Å². The molecule has 1 unspecified atom stereocenters. The lowest BCUT2D eigenvalue weighted by Gasteiger charge is -2.23. The van der Waals surface area contributed by atoms with Gasteiger partial charge in [0.25, 0.3) is 0 Å². The molecule has 1 aromatic heterocycles. The van der Waals surface area contributed by atoms with Crippen LogP contribution in [0.1, 0.15) is 6.92 Å². The lowest BCUT2D eigenvalue weighted by molar-refractivity contribution is -0.119. The fourth-order valence-electron chi connectivity index (χ4n) is 1.73. The van der Waals surface area contributed by atoms with E-state index in [1.54, 1.807) is 29.1 Å². The molecule has 0 spiro atoms. The Morgan fingerprint density at radius 1 is 1.62 bits per heavy atom. The van der Waals surface area contributed by atoms with Crippen molar-refractivity contribution in [2.45, 2.75) is 13.0 Å². The molecule has 4 nitrogen and oxygen atoms in total. The summed E-state index contributed by atoms with van der Waals surface area (Å²) in [5.41, 5.74) is 0.918. The number of aromatic nitrogens is 1. The highest BCUT2D eigenvalue weighted by Gasteiger charge is 2.27. The first-order chi connectivity index (χ1) is 7.83. The molecule has 1 aromatic rings. The Kier molecular flexibility index (Phi) is 3.79. The van der Waals surface area contributed by atoms with Gasteiger partial charge in [-0.1, -0.05) is 0 Å². The molecule has 0 bridgehead atoms. The minimum absolute atomic E-state index is 0.0434. The predicted octanol–water partition coefficient (Wildman–Crippen LogP) is 1.10. The van der Waals surface area contributed by atoms with Crippen molar-refractivity contribution in [1.82, 2.24) is 10.3 Å². The second-order valence-corrected chi connectivity index (χ2v) is 4.59. The first-order valence-electron chi connectivity index (χ1n) is 5.35. The summed E-state index contributed by atoms with van der Waals surface area (Å²) in [6.07, 6.45) is 3.42. The number of anilines is 1. The molecule has 0 radical (unpaired) electrons. The Hall–Kier alpha value is -1.07. The van der Waals surface area contributed by atoms with E-state index in [4.69, 9.17) is 0 Å². The highest BCUT2D eigenvalue weighted by molar-refractivity contribution is 7.99. The van der Waals surface area contributed by atoms with Crippen molar-refractivity contribution in [2.75, 3.05) is 23.1 Å². The Morgan fingerprint density at radius 3 is 2.94 bits per heavy atom. The third-order valence-corrected chi connectivity index (χ3v) is 3.51. The van der Waals surface area contributed by atoms with Gasteiger partial charge < -0.3 is 4.90 Å². The minimum atomic E-state index is -0.0434. The summed E-state index contributed by atoms with van der Waals surface area (Å²) in [7, 11) is 0. The monoisotopic (exact) mass is 237 g/mol. The Labute approximate surface area is 99.4 Å². The van der Waals surface area contributed by atoms with E-state index in [-0.39, 0.29) is 11.9 Å². The van der Waals surface area contributed by atoms with Gasteiger partial charge in [-0.15, -0.1) is 11.8 Å². The van der Waals surface area contributed by atoms with Crippen LogP contribution >= 0.6 is 11.8 Å². The molecule has 0 aliphatic carbocycles. The molecular weight excluding hydrogens is 222 g/mol. The lowest BCUT2D eigenvalue weighted by Crippen LogP contribution is -2.45. The molecule has 0 saturated carbocycles. The van der Waals surface area contributed by atoms with E-state index in [1.807, 2.05) is 19.1 Å². The molecule has 16 heavy (non-hydrogen) atoms. The van der Waals surface area contributed by atoms with Crippen LogP contribution < -0.4 is 10.2 Å². The summed E-state index contributed by atoms with van der Waals surface area (Å²) in [5, 5.41) is 3.20. The number of carbonyl (C=O) groups is 1. The summed E-state index contributed by atoms with van der Waals surface area (Å²) in [5.74, 6) is 1.88. The Balaban J connectivity index is 2.13. The van der Waals surface area contributed by atoms with Gasteiger partial charge in [-0.25, -0.2) is 0 Å². The number of nitrogens with zero attached hydrogens (tertiary/aromatic N) is 2. The number of hydrogen-bond donors (Lipinski definition) is 1. The quantitative estimate of drug-likeness (QED) is 0.855. The predicted molar refractivity (Wildman–Crippen MR) is 66.5 cm³/mol. The molecule has 2 rings (SSSR count). The van der Waals surface area contributed by atoms with E-state index in [0.717, 1.165) is 17.3 Å². The number of likely N-dealkylation sites (N-methyl/N-ethyl adjacent to an activating group) is 1. The van der Waals surface area contributed by atoms with Gasteiger partial charge in [0, 0.05) is 36.3 Å². The number of hydrogen-bond acceptors (Lipinski definition) is 4. The smallest absolute Gasteiger partial charge is 0.244 e. The van der Waals surface area contributed by atoms with Crippen molar-refractivity contribution in [3.8, 4) is 0 Å². The summed E-state index contributed by atoms with van der Waals surface area (Å²) < 4.78 is 0. The van der Waals surface area contributed by atoms with Gasteiger partial charge >= 0.3 is 0 Å². The van der Waals surface area contributed by atoms with Crippen LogP contribution in [0.3, 0.4) is 0 Å². The normalized spacial score (nSPS) is 19.7. The first-order valence-corrected chi connectivity index (χ1v) is 6.51. The van der Waals surface area contributed by atoms with E-state index in [0.29, 0.717) is 6.54 Å². The van der Waals surface area contributed by atoms with Crippen LogP contribution in [-0.2, 0) is 4.79 Å². The number of pyridine rings is 1. The standard InChI is InChI=1S/C11H15N3OS/c1-2-14(9-3-5-12-6-4-9)11(15)10-7-16-8-13-10/h3-6,10,13H,2,7-8H2,1H3. The van der Waals surface area contributed by atoms with Crippen molar-refractivity contribution < 1.29 is 4.79 Å². The van der Waals surface area contributed by atoms with Crippen LogP contribution in [0.5, 0.6) is 0 Å². The Morgan fingerprint density at radius 2 is 2.38 bits per heavy atom. The topological polar surface area (TPSA) is 45.2 Å². The number of thioether (sulfide) groups is 1. The van der Waals surface area contributed by atoms with Crippen molar-refractivity contribution in [2.24, 2.45) is 0 Å². The number of nitrogens with one attached hydrogen (secondary N) is 1. The molecule has 1 N–H and O–H groups in total. The van der Waals surface area contributed by atoms with E-state index in [1.165, 1.54) is 0 Å². The zero-order chi connectivity index (χ0) is 11.4. The molecule has 86 valence electrons. The summed E-state index contributed by atoms with van der Waals surface area (Å²) in [4.78, 5) is 18.0. The summed E-state index contributed by atoms with van der Waals surface area (Å²) >= 11 is 1.76. The maximum atomic E-state index is 12.2. The third-order valence-electron chi connectivity index (χ3n) is 2.57. The van der Waals surface area contributed by atoms with Crippen LogP contribution in [-0.4, -0.2) is 35.1 Å². The van der Waals surface area contributed by atoms with Crippen molar-refractivity contribution in [1.29, 1.82) is 0 Å². The van der Waals surface area contributed by atoms with Gasteiger partial charge in [-0.2, -0.15) is 0 Å². The van der Waals surface area contributed by atoms with Crippen LogP contribution in [0, 0.1) is 0 Å². The molecule has 2 heterocycles. The van der Waals surface area contributed by atoms with Crippen LogP contribution in [0.25, 0.3) is 0 Å². The van der Waals surface area contributed by atoms with Gasteiger partial charge in [0.1, 0.15) is 0 Å². The largest absolute Gasteiger partial charge is 0.311 e. The zero-order valence-corrected chi connectivity index (χ0v) is 10.0. The fraction of sp³-hybridized carbons (Fsp3) is 0.455. The molecule has 1 aliphatic heterocycles. The van der Waals surface area contributed by atoms with Gasteiger partial charge in [0.05, 0.1) is 6.04 Å². The Bertz CT molecular complexity index is 352.